The molecule has 0 aliphatic carbocycles. The molecule has 3 rings (SSSR count). The van der Waals surface area contributed by atoms with Crippen LogP contribution in [0.3, 0.4) is 0 Å². The Hall–Kier alpha value is -2.54. The average Bonchev–Trinajstić information content (AvgIpc) is 3.28. The van der Waals surface area contributed by atoms with Crippen molar-refractivity contribution in [2.45, 2.75) is 32.5 Å². The first-order valence-electron chi connectivity index (χ1n) is 8.95. The van der Waals surface area contributed by atoms with E-state index in [0.717, 1.165) is 22.7 Å². The van der Waals surface area contributed by atoms with Gasteiger partial charge in [0, 0.05) is 12.1 Å². The number of carbonyl (C=O) groups excluding carboxylic acids is 1. The predicted molar refractivity (Wildman–Crippen MR) is 107 cm³/mol. The highest BCUT2D eigenvalue weighted by atomic mass is 32.2. The van der Waals surface area contributed by atoms with Crippen molar-refractivity contribution in [3.05, 3.63) is 54.0 Å². The summed E-state index contributed by atoms with van der Waals surface area (Å²) < 4.78 is 7.50. The van der Waals surface area contributed by atoms with E-state index in [2.05, 4.69) is 35.4 Å². The van der Waals surface area contributed by atoms with Gasteiger partial charge < -0.3 is 9.73 Å². The SMILES string of the molecule is Cc1cccc(-c2nnc(SCC(=O)NCC(C)C)n2Cc2ccco2)c1. The molecule has 0 unspecified atom stereocenters. The number of carbonyl (C=O) groups is 1. The first-order valence-corrected chi connectivity index (χ1v) is 9.93. The normalized spacial score (nSPS) is 11.1. The van der Waals surface area contributed by atoms with E-state index in [-0.39, 0.29) is 5.91 Å². The van der Waals surface area contributed by atoms with E-state index in [4.69, 9.17) is 4.42 Å². The van der Waals surface area contributed by atoms with Crippen LogP contribution in [0.25, 0.3) is 11.4 Å². The van der Waals surface area contributed by atoms with E-state index in [1.165, 1.54) is 11.8 Å². The smallest absolute Gasteiger partial charge is 0.230 e. The van der Waals surface area contributed by atoms with Gasteiger partial charge in [0.05, 0.1) is 18.6 Å². The number of aryl methyl sites for hydroxylation is 1. The number of amides is 1. The fourth-order valence-corrected chi connectivity index (χ4v) is 3.36. The molecule has 2 heterocycles. The van der Waals surface area contributed by atoms with E-state index >= 15 is 0 Å². The second-order valence-corrected chi connectivity index (χ2v) is 7.77. The molecule has 1 aromatic carbocycles. The maximum absolute atomic E-state index is 12.1. The van der Waals surface area contributed by atoms with Gasteiger partial charge in [0.1, 0.15) is 5.76 Å². The third-order valence-corrected chi connectivity index (χ3v) is 4.89. The lowest BCUT2D eigenvalue weighted by Gasteiger charge is -2.10. The Morgan fingerprint density at radius 1 is 1.26 bits per heavy atom. The molecule has 7 heteroatoms. The molecule has 142 valence electrons. The Labute approximate surface area is 163 Å². The van der Waals surface area contributed by atoms with Crippen molar-refractivity contribution < 1.29 is 9.21 Å². The van der Waals surface area contributed by atoms with Crippen LogP contribution in [0.2, 0.25) is 0 Å². The molecule has 1 N–H and O–H groups in total. The summed E-state index contributed by atoms with van der Waals surface area (Å²) >= 11 is 1.38. The van der Waals surface area contributed by atoms with Gasteiger partial charge in [-0.2, -0.15) is 0 Å². The number of aromatic nitrogens is 3. The van der Waals surface area contributed by atoms with Crippen LogP contribution in [-0.2, 0) is 11.3 Å². The lowest BCUT2D eigenvalue weighted by atomic mass is 10.1. The Bertz CT molecular complexity index is 887. The highest BCUT2D eigenvalue weighted by Gasteiger charge is 2.17. The van der Waals surface area contributed by atoms with Crippen molar-refractivity contribution in [1.82, 2.24) is 20.1 Å². The molecule has 6 nitrogen and oxygen atoms in total. The number of nitrogens with zero attached hydrogens (tertiary/aromatic N) is 3. The van der Waals surface area contributed by atoms with Gasteiger partial charge in [0.2, 0.25) is 5.91 Å². The second-order valence-electron chi connectivity index (χ2n) is 6.83. The Morgan fingerprint density at radius 2 is 2.11 bits per heavy atom. The van der Waals surface area contributed by atoms with E-state index < -0.39 is 0 Å². The molecule has 0 spiro atoms. The summed E-state index contributed by atoms with van der Waals surface area (Å²) in [5, 5.41) is 12.3. The summed E-state index contributed by atoms with van der Waals surface area (Å²) in [6.07, 6.45) is 1.65. The number of hydrogen-bond acceptors (Lipinski definition) is 5. The van der Waals surface area contributed by atoms with E-state index in [0.29, 0.717) is 29.9 Å². The number of thioether (sulfide) groups is 1. The van der Waals surface area contributed by atoms with Crippen LogP contribution < -0.4 is 5.32 Å². The molecule has 27 heavy (non-hydrogen) atoms. The van der Waals surface area contributed by atoms with Crippen LogP contribution in [0, 0.1) is 12.8 Å². The minimum Gasteiger partial charge on any atom is -0.467 e. The number of furan rings is 1. The molecule has 0 saturated heterocycles. The highest BCUT2D eigenvalue weighted by molar-refractivity contribution is 7.99. The number of hydrogen-bond donors (Lipinski definition) is 1. The van der Waals surface area contributed by atoms with E-state index in [9.17, 15) is 4.79 Å². The fourth-order valence-electron chi connectivity index (χ4n) is 2.59. The van der Waals surface area contributed by atoms with Crippen LogP contribution >= 0.6 is 11.8 Å². The molecular weight excluding hydrogens is 360 g/mol. The van der Waals surface area contributed by atoms with Crippen LogP contribution in [0.1, 0.15) is 25.2 Å². The molecule has 0 aliphatic rings. The molecule has 0 atom stereocenters. The molecule has 0 bridgehead atoms. The number of rotatable bonds is 8. The zero-order chi connectivity index (χ0) is 19.2. The van der Waals surface area contributed by atoms with Crippen molar-refractivity contribution in [2.75, 3.05) is 12.3 Å². The van der Waals surface area contributed by atoms with Crippen molar-refractivity contribution in [3.8, 4) is 11.4 Å². The Balaban J connectivity index is 1.82. The molecule has 0 aliphatic heterocycles. The van der Waals surface area contributed by atoms with Gasteiger partial charge in [-0.25, -0.2) is 0 Å². The highest BCUT2D eigenvalue weighted by Crippen LogP contribution is 2.25. The largest absolute Gasteiger partial charge is 0.467 e. The molecule has 3 aromatic rings. The van der Waals surface area contributed by atoms with Crippen molar-refractivity contribution in [1.29, 1.82) is 0 Å². The van der Waals surface area contributed by atoms with E-state index in [1.807, 2.05) is 41.8 Å². The predicted octanol–water partition coefficient (Wildman–Crippen LogP) is 3.76. The van der Waals surface area contributed by atoms with Crippen molar-refractivity contribution in [3.63, 3.8) is 0 Å². The van der Waals surface area contributed by atoms with Crippen molar-refractivity contribution >= 4 is 17.7 Å². The van der Waals surface area contributed by atoms with Crippen LogP contribution in [0.4, 0.5) is 0 Å². The average molecular weight is 385 g/mol. The van der Waals surface area contributed by atoms with Gasteiger partial charge >= 0.3 is 0 Å². The maximum atomic E-state index is 12.1. The maximum Gasteiger partial charge on any atom is 0.230 e. The minimum absolute atomic E-state index is 0.00152. The minimum atomic E-state index is -0.00152. The molecular formula is C20H24N4O2S. The molecule has 2 aromatic heterocycles. The molecule has 1 amide bonds. The van der Waals surface area contributed by atoms with Gasteiger partial charge in [0.25, 0.3) is 0 Å². The zero-order valence-corrected chi connectivity index (χ0v) is 16.6. The third-order valence-electron chi connectivity index (χ3n) is 3.93. The molecule has 0 saturated carbocycles. The summed E-state index contributed by atoms with van der Waals surface area (Å²) in [6.45, 7) is 7.38. The second kappa shape index (κ2) is 8.90. The Morgan fingerprint density at radius 3 is 2.81 bits per heavy atom. The van der Waals surface area contributed by atoms with E-state index in [1.54, 1.807) is 6.26 Å². The Kier molecular flexibility index (Phi) is 6.34. The summed E-state index contributed by atoms with van der Waals surface area (Å²) in [5.41, 5.74) is 2.15. The number of nitrogens with one attached hydrogen (secondary N) is 1. The fraction of sp³-hybridized carbons (Fsp3) is 0.350. The first kappa shape index (κ1) is 19.2. The van der Waals surface area contributed by atoms with Crippen LogP contribution in [-0.4, -0.2) is 33.0 Å². The number of benzene rings is 1. The summed E-state index contributed by atoms with van der Waals surface area (Å²) in [7, 11) is 0. The van der Waals surface area contributed by atoms with Crippen molar-refractivity contribution in [2.24, 2.45) is 5.92 Å². The van der Waals surface area contributed by atoms with Gasteiger partial charge in [-0.1, -0.05) is 49.4 Å². The van der Waals surface area contributed by atoms with Crippen LogP contribution in [0.5, 0.6) is 0 Å². The third kappa shape index (κ3) is 5.23. The standard InChI is InChI=1S/C20H24N4O2S/c1-14(2)11-21-18(25)13-27-20-23-22-19(16-7-4-6-15(3)10-16)24(20)12-17-8-5-9-26-17/h4-10,14H,11-13H2,1-3H3,(H,21,25). The topological polar surface area (TPSA) is 73.0 Å². The van der Waals surface area contributed by atoms with Gasteiger partial charge in [-0.15, -0.1) is 10.2 Å². The quantitative estimate of drug-likeness (QED) is 0.599. The summed E-state index contributed by atoms with van der Waals surface area (Å²) in [6, 6.07) is 11.9. The lowest BCUT2D eigenvalue weighted by molar-refractivity contribution is -0.118. The van der Waals surface area contributed by atoms with Gasteiger partial charge in [0.15, 0.2) is 11.0 Å². The zero-order valence-electron chi connectivity index (χ0n) is 15.8. The van der Waals surface area contributed by atoms with Gasteiger partial charge in [-0.05, 0) is 31.0 Å². The summed E-state index contributed by atoms with van der Waals surface area (Å²) in [4.78, 5) is 12.1. The monoisotopic (exact) mass is 384 g/mol. The first-order chi connectivity index (χ1) is 13.0. The van der Waals surface area contributed by atoms with Gasteiger partial charge in [-0.3, -0.25) is 9.36 Å². The lowest BCUT2D eigenvalue weighted by Crippen LogP contribution is -2.28. The molecule has 0 radical (unpaired) electrons. The summed E-state index contributed by atoms with van der Waals surface area (Å²) in [5.74, 6) is 2.31. The molecule has 0 fully saturated rings. The van der Waals surface area contributed by atoms with Crippen LogP contribution in [0.15, 0.2) is 52.2 Å².